The minimum Gasteiger partial charge on any atom is -0.378 e. The van der Waals surface area contributed by atoms with Crippen LogP contribution in [0.5, 0.6) is 0 Å². The maximum atomic E-state index is 5.26. The lowest BCUT2D eigenvalue weighted by Gasteiger charge is -2.24. The summed E-state index contributed by atoms with van der Waals surface area (Å²) in [4.78, 5) is 3.61. The van der Waals surface area contributed by atoms with Gasteiger partial charge in [0.15, 0.2) is 0 Å². The SMILES string of the molecule is C(=C\N1CCOCC1)/c1cccs1. The molecule has 0 saturated carbocycles. The van der Waals surface area contributed by atoms with Crippen LogP contribution >= 0.6 is 11.3 Å². The molecule has 0 aromatic carbocycles. The second kappa shape index (κ2) is 4.44. The van der Waals surface area contributed by atoms with Gasteiger partial charge in [0.2, 0.25) is 0 Å². The molecule has 3 heteroatoms. The van der Waals surface area contributed by atoms with Crippen LogP contribution in [0.25, 0.3) is 6.08 Å². The molecule has 1 aliphatic rings. The van der Waals surface area contributed by atoms with E-state index in [0.29, 0.717) is 0 Å². The van der Waals surface area contributed by atoms with Crippen molar-refractivity contribution in [2.75, 3.05) is 26.3 Å². The highest BCUT2D eigenvalue weighted by Crippen LogP contribution is 2.11. The summed E-state index contributed by atoms with van der Waals surface area (Å²) in [7, 11) is 0. The third-order valence-corrected chi connectivity index (χ3v) is 2.88. The van der Waals surface area contributed by atoms with Crippen LogP contribution in [-0.4, -0.2) is 31.2 Å². The van der Waals surface area contributed by atoms with Crippen LogP contribution in [0.2, 0.25) is 0 Å². The van der Waals surface area contributed by atoms with E-state index in [0.717, 1.165) is 26.3 Å². The lowest BCUT2D eigenvalue weighted by molar-refractivity contribution is 0.0598. The second-order valence-corrected chi connectivity index (χ2v) is 3.96. The molecule has 70 valence electrons. The maximum Gasteiger partial charge on any atom is 0.0642 e. The Kier molecular flexibility index (Phi) is 3.00. The monoisotopic (exact) mass is 195 g/mol. The van der Waals surface area contributed by atoms with Crippen molar-refractivity contribution in [1.29, 1.82) is 0 Å². The van der Waals surface area contributed by atoms with Gasteiger partial charge in [-0.15, -0.1) is 11.3 Å². The normalized spacial score (nSPS) is 18.3. The molecule has 2 heterocycles. The molecule has 1 saturated heterocycles. The fourth-order valence-electron chi connectivity index (χ4n) is 1.29. The highest BCUT2D eigenvalue weighted by Gasteiger charge is 2.04. The van der Waals surface area contributed by atoms with E-state index in [1.165, 1.54) is 4.88 Å². The van der Waals surface area contributed by atoms with Crippen molar-refractivity contribution in [2.24, 2.45) is 0 Å². The van der Waals surface area contributed by atoms with Crippen LogP contribution in [0.4, 0.5) is 0 Å². The summed E-state index contributed by atoms with van der Waals surface area (Å²) in [5.41, 5.74) is 0. The number of morpholine rings is 1. The van der Waals surface area contributed by atoms with E-state index in [4.69, 9.17) is 4.74 Å². The maximum absolute atomic E-state index is 5.26. The zero-order chi connectivity index (χ0) is 8.93. The molecular weight excluding hydrogens is 182 g/mol. The molecule has 1 aromatic heterocycles. The molecule has 0 aliphatic carbocycles. The van der Waals surface area contributed by atoms with Gasteiger partial charge in [-0.1, -0.05) is 6.07 Å². The average molecular weight is 195 g/mol. The van der Waals surface area contributed by atoms with Crippen molar-refractivity contribution in [3.63, 3.8) is 0 Å². The van der Waals surface area contributed by atoms with Crippen LogP contribution in [0.15, 0.2) is 23.7 Å². The fraction of sp³-hybridized carbons (Fsp3) is 0.400. The van der Waals surface area contributed by atoms with Crippen molar-refractivity contribution in [2.45, 2.75) is 0 Å². The largest absolute Gasteiger partial charge is 0.378 e. The molecule has 2 nitrogen and oxygen atoms in total. The Morgan fingerprint density at radius 2 is 2.23 bits per heavy atom. The van der Waals surface area contributed by atoms with Crippen LogP contribution in [-0.2, 0) is 4.74 Å². The van der Waals surface area contributed by atoms with E-state index in [9.17, 15) is 0 Å². The molecule has 0 spiro atoms. The number of nitrogens with zero attached hydrogens (tertiary/aromatic N) is 1. The Hall–Kier alpha value is -0.800. The summed E-state index contributed by atoms with van der Waals surface area (Å²) in [6.07, 6.45) is 4.32. The van der Waals surface area contributed by atoms with Crippen molar-refractivity contribution in [3.8, 4) is 0 Å². The predicted molar refractivity (Wildman–Crippen MR) is 55.7 cm³/mol. The summed E-state index contributed by atoms with van der Waals surface area (Å²) in [5.74, 6) is 0. The number of rotatable bonds is 2. The van der Waals surface area contributed by atoms with Gasteiger partial charge < -0.3 is 9.64 Å². The van der Waals surface area contributed by atoms with Gasteiger partial charge in [0.05, 0.1) is 13.2 Å². The van der Waals surface area contributed by atoms with Gasteiger partial charge in [-0.3, -0.25) is 0 Å². The van der Waals surface area contributed by atoms with Gasteiger partial charge in [0, 0.05) is 24.2 Å². The minimum absolute atomic E-state index is 0.856. The van der Waals surface area contributed by atoms with Gasteiger partial charge in [-0.25, -0.2) is 0 Å². The second-order valence-electron chi connectivity index (χ2n) is 2.98. The van der Waals surface area contributed by atoms with E-state index in [1.54, 1.807) is 11.3 Å². The molecule has 1 fully saturated rings. The smallest absolute Gasteiger partial charge is 0.0642 e. The number of hydrogen-bond acceptors (Lipinski definition) is 3. The lowest BCUT2D eigenvalue weighted by atomic mass is 10.4. The van der Waals surface area contributed by atoms with Crippen LogP contribution in [0.1, 0.15) is 4.88 Å². The molecule has 0 N–H and O–H groups in total. The summed E-state index contributed by atoms with van der Waals surface area (Å²) in [6, 6.07) is 4.20. The fourth-order valence-corrected chi connectivity index (χ4v) is 1.90. The van der Waals surface area contributed by atoms with E-state index < -0.39 is 0 Å². The molecule has 2 rings (SSSR count). The zero-order valence-corrected chi connectivity index (χ0v) is 8.30. The number of thiophene rings is 1. The zero-order valence-electron chi connectivity index (χ0n) is 7.48. The summed E-state index contributed by atoms with van der Waals surface area (Å²) in [5, 5.41) is 2.10. The quantitative estimate of drug-likeness (QED) is 0.716. The highest BCUT2D eigenvalue weighted by atomic mass is 32.1. The van der Waals surface area contributed by atoms with Crippen molar-refractivity contribution < 1.29 is 4.74 Å². The summed E-state index contributed by atoms with van der Waals surface area (Å²) >= 11 is 1.77. The Morgan fingerprint density at radius 1 is 1.38 bits per heavy atom. The highest BCUT2D eigenvalue weighted by molar-refractivity contribution is 7.10. The van der Waals surface area contributed by atoms with Gasteiger partial charge in [0.1, 0.15) is 0 Å². The van der Waals surface area contributed by atoms with Gasteiger partial charge in [-0.2, -0.15) is 0 Å². The first-order valence-corrected chi connectivity index (χ1v) is 5.36. The first kappa shape index (κ1) is 8.78. The summed E-state index contributed by atoms with van der Waals surface area (Å²) in [6.45, 7) is 3.74. The van der Waals surface area contributed by atoms with Crippen molar-refractivity contribution in [3.05, 3.63) is 28.6 Å². The molecular formula is C10H13NOS. The van der Waals surface area contributed by atoms with Gasteiger partial charge in [-0.05, 0) is 17.5 Å². The molecule has 13 heavy (non-hydrogen) atoms. The Bertz CT molecular complexity index is 262. The Labute approximate surface area is 82.4 Å². The number of hydrogen-bond donors (Lipinski definition) is 0. The lowest BCUT2D eigenvalue weighted by Crippen LogP contribution is -2.31. The van der Waals surface area contributed by atoms with Crippen molar-refractivity contribution >= 4 is 17.4 Å². The molecule has 0 atom stereocenters. The standard InChI is InChI=1S/C10H13NOS/c1-2-10(13-9-1)3-4-11-5-7-12-8-6-11/h1-4,9H,5-8H2/b4-3+. The van der Waals surface area contributed by atoms with E-state index in [-0.39, 0.29) is 0 Å². The first-order valence-electron chi connectivity index (χ1n) is 4.49. The first-order chi connectivity index (χ1) is 6.45. The minimum atomic E-state index is 0.856. The van der Waals surface area contributed by atoms with Crippen LogP contribution in [0.3, 0.4) is 0 Å². The molecule has 0 amide bonds. The third-order valence-electron chi connectivity index (χ3n) is 2.04. The molecule has 0 bridgehead atoms. The summed E-state index contributed by atoms with van der Waals surface area (Å²) < 4.78 is 5.26. The Morgan fingerprint density at radius 3 is 2.92 bits per heavy atom. The molecule has 1 aliphatic heterocycles. The van der Waals surface area contributed by atoms with Crippen LogP contribution in [0, 0.1) is 0 Å². The third kappa shape index (κ3) is 2.57. The molecule has 0 radical (unpaired) electrons. The van der Waals surface area contributed by atoms with E-state index >= 15 is 0 Å². The van der Waals surface area contributed by atoms with Crippen LogP contribution < -0.4 is 0 Å². The van der Waals surface area contributed by atoms with Gasteiger partial charge in [0.25, 0.3) is 0 Å². The number of ether oxygens (including phenoxy) is 1. The Balaban J connectivity index is 1.89. The average Bonchev–Trinajstić information content (AvgIpc) is 2.69. The molecule has 0 unspecified atom stereocenters. The van der Waals surface area contributed by atoms with E-state index in [2.05, 4.69) is 34.7 Å². The topological polar surface area (TPSA) is 12.5 Å². The van der Waals surface area contributed by atoms with E-state index in [1.807, 2.05) is 0 Å². The van der Waals surface area contributed by atoms with Crippen molar-refractivity contribution in [1.82, 2.24) is 4.90 Å². The molecule has 1 aromatic rings. The predicted octanol–water partition coefficient (Wildman–Crippen LogP) is 2.05. The van der Waals surface area contributed by atoms with Gasteiger partial charge >= 0.3 is 0 Å².